The van der Waals surface area contributed by atoms with Crippen molar-refractivity contribution in [1.29, 1.82) is 0 Å². The van der Waals surface area contributed by atoms with Crippen LogP contribution in [0.25, 0.3) is 11.4 Å². The number of phenolic OH excluding ortho intramolecular Hbond substituents is 2. The number of benzene rings is 1. The molecule has 0 atom stereocenters. The summed E-state index contributed by atoms with van der Waals surface area (Å²) in [5.41, 5.74) is 0.377. The molecule has 0 radical (unpaired) electrons. The number of aromatic nitrogens is 3. The van der Waals surface area contributed by atoms with E-state index in [0.29, 0.717) is 11.4 Å². The lowest BCUT2D eigenvalue weighted by Crippen LogP contribution is -1.97. The molecule has 7 nitrogen and oxygen atoms in total. The first-order chi connectivity index (χ1) is 9.56. The summed E-state index contributed by atoms with van der Waals surface area (Å²) >= 11 is 0.969. The zero-order valence-corrected chi connectivity index (χ0v) is 11.8. The maximum atomic E-state index is 10.4. The first kappa shape index (κ1) is 15.8. The van der Waals surface area contributed by atoms with Crippen LogP contribution in [0.5, 0.6) is 11.5 Å². The molecule has 108 valence electrons. The van der Waals surface area contributed by atoms with Crippen molar-refractivity contribution < 1.29 is 20.1 Å². The van der Waals surface area contributed by atoms with Gasteiger partial charge < -0.3 is 15.3 Å². The molecule has 0 aliphatic rings. The number of hydrogen-bond acceptors (Lipinski definition) is 6. The van der Waals surface area contributed by atoms with E-state index < -0.39 is 5.97 Å². The van der Waals surface area contributed by atoms with Crippen molar-refractivity contribution >= 4 is 17.7 Å². The van der Waals surface area contributed by atoms with Gasteiger partial charge in [0.25, 0.3) is 0 Å². The van der Waals surface area contributed by atoms with Crippen LogP contribution >= 0.6 is 11.8 Å². The largest absolute Gasteiger partial charge is 0.508 e. The summed E-state index contributed by atoms with van der Waals surface area (Å²) in [5, 5.41) is 34.0. The molecular formula is C12H15N3O4S. The summed E-state index contributed by atoms with van der Waals surface area (Å²) in [6.45, 7) is 4.00. The maximum Gasteiger partial charge on any atom is 0.313 e. The van der Waals surface area contributed by atoms with Gasteiger partial charge in [0.2, 0.25) is 5.16 Å². The Morgan fingerprint density at radius 1 is 1.35 bits per heavy atom. The second kappa shape index (κ2) is 7.39. The molecule has 0 spiro atoms. The van der Waals surface area contributed by atoms with Crippen LogP contribution in [-0.4, -0.2) is 42.2 Å². The molecule has 1 aromatic carbocycles. The SMILES string of the molecule is CC.O=C(O)CSc1n[nH]c(-c2ccc(O)cc2O)n1. The van der Waals surface area contributed by atoms with Gasteiger partial charge in [-0.1, -0.05) is 25.6 Å². The molecular weight excluding hydrogens is 282 g/mol. The molecule has 8 heteroatoms. The fraction of sp³-hybridized carbons (Fsp3) is 0.250. The Balaban J connectivity index is 0.000000956. The third kappa shape index (κ3) is 4.16. The monoisotopic (exact) mass is 297 g/mol. The molecule has 0 amide bonds. The smallest absolute Gasteiger partial charge is 0.313 e. The van der Waals surface area contributed by atoms with Crippen LogP contribution in [0.3, 0.4) is 0 Å². The number of hydrogen-bond donors (Lipinski definition) is 4. The number of H-pyrrole nitrogens is 1. The van der Waals surface area contributed by atoms with Crippen LogP contribution in [0, 0.1) is 0 Å². The number of aromatic amines is 1. The van der Waals surface area contributed by atoms with Crippen molar-refractivity contribution in [3.63, 3.8) is 0 Å². The molecule has 0 aliphatic heterocycles. The van der Waals surface area contributed by atoms with Gasteiger partial charge in [-0.25, -0.2) is 4.98 Å². The Morgan fingerprint density at radius 2 is 2.05 bits per heavy atom. The highest BCUT2D eigenvalue weighted by atomic mass is 32.2. The second-order valence-electron chi connectivity index (χ2n) is 3.35. The lowest BCUT2D eigenvalue weighted by Gasteiger charge is -2.00. The summed E-state index contributed by atoms with van der Waals surface area (Å²) in [4.78, 5) is 14.4. The number of thioether (sulfide) groups is 1. The molecule has 1 heterocycles. The predicted molar refractivity (Wildman–Crippen MR) is 74.9 cm³/mol. The lowest BCUT2D eigenvalue weighted by atomic mass is 10.2. The minimum absolute atomic E-state index is 0.0590. The maximum absolute atomic E-state index is 10.4. The van der Waals surface area contributed by atoms with Gasteiger partial charge in [0.15, 0.2) is 5.82 Å². The van der Waals surface area contributed by atoms with Crippen LogP contribution in [0.1, 0.15) is 13.8 Å². The molecule has 0 saturated heterocycles. The van der Waals surface area contributed by atoms with Gasteiger partial charge in [0, 0.05) is 6.07 Å². The predicted octanol–water partition coefficient (Wildman–Crippen LogP) is 2.09. The van der Waals surface area contributed by atoms with Gasteiger partial charge >= 0.3 is 5.97 Å². The number of nitrogens with zero attached hydrogens (tertiary/aromatic N) is 2. The number of carbonyl (C=O) groups is 1. The van der Waals surface area contributed by atoms with Gasteiger partial charge in [0.05, 0.1) is 11.3 Å². The summed E-state index contributed by atoms with van der Waals surface area (Å²) in [7, 11) is 0. The fourth-order valence-electron chi connectivity index (χ4n) is 1.28. The topological polar surface area (TPSA) is 119 Å². The van der Waals surface area contributed by atoms with E-state index in [0.717, 1.165) is 11.8 Å². The van der Waals surface area contributed by atoms with Crippen molar-refractivity contribution in [2.75, 3.05) is 5.75 Å². The first-order valence-corrected chi connectivity index (χ1v) is 6.84. The Bertz CT molecular complexity index is 586. The lowest BCUT2D eigenvalue weighted by molar-refractivity contribution is -0.133. The Hall–Kier alpha value is -2.22. The van der Waals surface area contributed by atoms with E-state index in [1.54, 1.807) is 0 Å². The van der Waals surface area contributed by atoms with Gasteiger partial charge in [-0.15, -0.1) is 5.10 Å². The van der Waals surface area contributed by atoms with Crippen molar-refractivity contribution in [3.05, 3.63) is 18.2 Å². The highest BCUT2D eigenvalue weighted by molar-refractivity contribution is 7.99. The van der Waals surface area contributed by atoms with Crippen LogP contribution < -0.4 is 0 Å². The number of phenols is 2. The quantitative estimate of drug-likeness (QED) is 0.638. The third-order valence-electron chi connectivity index (χ3n) is 2.03. The minimum atomic E-state index is -0.959. The van der Waals surface area contributed by atoms with Crippen LogP contribution in [0.15, 0.2) is 23.4 Å². The zero-order chi connectivity index (χ0) is 15.1. The van der Waals surface area contributed by atoms with Crippen molar-refractivity contribution in [2.45, 2.75) is 19.0 Å². The van der Waals surface area contributed by atoms with E-state index in [-0.39, 0.29) is 22.4 Å². The van der Waals surface area contributed by atoms with Crippen molar-refractivity contribution in [3.8, 4) is 22.9 Å². The first-order valence-electron chi connectivity index (χ1n) is 5.85. The number of aliphatic carboxylic acids is 1. The summed E-state index contributed by atoms with van der Waals surface area (Å²) in [5.74, 6) is -0.991. The Kier molecular flexibility index (Phi) is 5.85. The third-order valence-corrected chi connectivity index (χ3v) is 2.86. The van der Waals surface area contributed by atoms with E-state index in [4.69, 9.17) is 10.2 Å². The van der Waals surface area contributed by atoms with Gasteiger partial charge in [-0.3, -0.25) is 9.89 Å². The zero-order valence-electron chi connectivity index (χ0n) is 11.0. The average Bonchev–Trinajstić information content (AvgIpc) is 2.87. The standard InChI is InChI=1S/C10H9N3O4S.C2H6/c14-5-1-2-6(7(15)3-5)9-11-10(13-12-9)18-4-8(16)17;1-2/h1-3,14-15H,4H2,(H,16,17)(H,11,12,13);1-2H3. The van der Waals surface area contributed by atoms with Gasteiger partial charge in [-0.05, 0) is 12.1 Å². The summed E-state index contributed by atoms with van der Waals surface area (Å²) < 4.78 is 0. The normalized spacial score (nSPS) is 9.70. The summed E-state index contributed by atoms with van der Waals surface area (Å²) in [6.07, 6.45) is 0. The van der Waals surface area contributed by atoms with E-state index >= 15 is 0 Å². The Labute approximate surface area is 119 Å². The summed E-state index contributed by atoms with van der Waals surface area (Å²) in [6, 6.07) is 4.07. The number of carboxylic acids is 1. The molecule has 2 aromatic rings. The molecule has 0 bridgehead atoms. The molecule has 2 rings (SSSR count). The van der Waals surface area contributed by atoms with E-state index in [1.165, 1.54) is 18.2 Å². The molecule has 0 unspecified atom stereocenters. The van der Waals surface area contributed by atoms with Crippen LogP contribution in [-0.2, 0) is 4.79 Å². The van der Waals surface area contributed by atoms with E-state index in [9.17, 15) is 9.90 Å². The highest BCUT2D eigenvalue weighted by Gasteiger charge is 2.11. The molecule has 1 aromatic heterocycles. The fourth-order valence-corrected chi connectivity index (χ4v) is 1.80. The minimum Gasteiger partial charge on any atom is -0.508 e. The van der Waals surface area contributed by atoms with E-state index in [2.05, 4.69) is 15.2 Å². The van der Waals surface area contributed by atoms with Gasteiger partial charge in [0.1, 0.15) is 11.5 Å². The average molecular weight is 297 g/mol. The highest BCUT2D eigenvalue weighted by Crippen LogP contribution is 2.30. The Morgan fingerprint density at radius 3 is 2.65 bits per heavy atom. The number of carboxylic acid groups (broad SMARTS) is 1. The van der Waals surface area contributed by atoms with Crippen LogP contribution in [0.2, 0.25) is 0 Å². The van der Waals surface area contributed by atoms with Crippen LogP contribution in [0.4, 0.5) is 0 Å². The van der Waals surface area contributed by atoms with E-state index in [1.807, 2.05) is 13.8 Å². The molecule has 20 heavy (non-hydrogen) atoms. The number of nitrogens with one attached hydrogen (secondary N) is 1. The molecule has 0 fully saturated rings. The number of aromatic hydroxyl groups is 2. The second-order valence-corrected chi connectivity index (χ2v) is 4.29. The van der Waals surface area contributed by atoms with Crippen molar-refractivity contribution in [2.24, 2.45) is 0 Å². The van der Waals surface area contributed by atoms with Gasteiger partial charge in [-0.2, -0.15) is 0 Å². The number of rotatable bonds is 4. The molecule has 0 saturated carbocycles. The molecule has 4 N–H and O–H groups in total. The van der Waals surface area contributed by atoms with Crippen molar-refractivity contribution in [1.82, 2.24) is 15.2 Å². The molecule has 0 aliphatic carbocycles.